The first kappa shape index (κ1) is 29.1. The van der Waals surface area contributed by atoms with Crippen LogP contribution in [-0.4, -0.2) is 53.6 Å². The Bertz CT molecular complexity index is 1260. The van der Waals surface area contributed by atoms with E-state index in [-0.39, 0.29) is 29.9 Å². The third-order valence-corrected chi connectivity index (χ3v) is 8.03. The molecule has 1 N–H and O–H groups in total. The topological polar surface area (TPSA) is 84.9 Å². The third kappa shape index (κ3) is 5.69. The highest BCUT2D eigenvalue weighted by atomic mass is 32.2. The van der Waals surface area contributed by atoms with E-state index in [9.17, 15) is 14.4 Å². The van der Waals surface area contributed by atoms with Gasteiger partial charge in [-0.05, 0) is 43.0 Å². The van der Waals surface area contributed by atoms with Crippen LogP contribution in [-0.2, 0) is 29.4 Å². The van der Waals surface area contributed by atoms with Crippen molar-refractivity contribution < 1.29 is 23.9 Å². The van der Waals surface area contributed by atoms with Gasteiger partial charge in [-0.1, -0.05) is 91.0 Å². The molecule has 0 bridgehead atoms. The average Bonchev–Trinajstić information content (AvgIpc) is 2.98. The van der Waals surface area contributed by atoms with E-state index in [0.717, 1.165) is 16.7 Å². The van der Waals surface area contributed by atoms with Crippen LogP contribution in [0, 0.1) is 0 Å². The highest BCUT2D eigenvalue weighted by molar-refractivity contribution is 8.00. The summed E-state index contributed by atoms with van der Waals surface area (Å²) in [5, 5.41) is 3.14. The zero-order valence-electron chi connectivity index (χ0n) is 23.1. The van der Waals surface area contributed by atoms with Crippen molar-refractivity contribution in [3.63, 3.8) is 0 Å². The minimum atomic E-state index is -0.907. The first-order chi connectivity index (χ1) is 19.3. The van der Waals surface area contributed by atoms with Crippen molar-refractivity contribution in [1.29, 1.82) is 0 Å². The van der Waals surface area contributed by atoms with Gasteiger partial charge in [0.25, 0.3) is 0 Å². The van der Waals surface area contributed by atoms with Gasteiger partial charge < -0.3 is 9.47 Å². The summed E-state index contributed by atoms with van der Waals surface area (Å²) in [4.78, 5) is 40.5. The maximum atomic E-state index is 14.0. The minimum Gasteiger partial charge on any atom is -0.465 e. The van der Waals surface area contributed by atoms with Gasteiger partial charge in [0.1, 0.15) is 17.1 Å². The van der Waals surface area contributed by atoms with Gasteiger partial charge in [-0.2, -0.15) is 0 Å². The lowest BCUT2D eigenvalue weighted by Gasteiger charge is -2.51. The third-order valence-electron chi connectivity index (χ3n) is 6.81. The summed E-state index contributed by atoms with van der Waals surface area (Å²) in [5.74, 6) is -1.25. The molecule has 2 atom stereocenters. The van der Waals surface area contributed by atoms with E-state index in [1.807, 2.05) is 91.0 Å². The van der Waals surface area contributed by atoms with Crippen LogP contribution < -0.4 is 5.32 Å². The molecule has 208 valence electrons. The number of esters is 2. The predicted molar refractivity (Wildman–Crippen MR) is 156 cm³/mol. The normalized spacial score (nSPS) is 16.6. The molecule has 0 aliphatic carbocycles. The second-order valence-corrected chi connectivity index (χ2v) is 10.6. The van der Waals surface area contributed by atoms with Crippen LogP contribution in [0.25, 0.3) is 0 Å². The standard InChI is InChI=1S/C32H34N2O5S/c1-5-39-26(35)21-40-30-27(29(36)34(30)28(22(2)3)31(37)38-4)33-32(23-15-9-6-10-16-23,24-17-11-7-12-18-24)25-19-13-8-14-20-25/h6-20,27,30,33H,5,21H2,1-4H3. The van der Waals surface area contributed by atoms with E-state index in [1.54, 1.807) is 20.8 Å². The fraction of sp³-hybridized carbons (Fsp3) is 0.281. The van der Waals surface area contributed by atoms with Gasteiger partial charge in [0, 0.05) is 0 Å². The van der Waals surface area contributed by atoms with Gasteiger partial charge in [-0.3, -0.25) is 19.8 Å². The highest BCUT2D eigenvalue weighted by Crippen LogP contribution is 2.42. The molecule has 7 nitrogen and oxygen atoms in total. The molecule has 0 saturated carbocycles. The van der Waals surface area contributed by atoms with Gasteiger partial charge >= 0.3 is 11.9 Å². The number of amides is 1. The number of thioether (sulfide) groups is 1. The van der Waals surface area contributed by atoms with Gasteiger partial charge in [0.2, 0.25) is 5.91 Å². The molecule has 1 heterocycles. The molecule has 3 aromatic carbocycles. The van der Waals surface area contributed by atoms with E-state index in [2.05, 4.69) is 5.32 Å². The largest absolute Gasteiger partial charge is 0.465 e. The number of allylic oxidation sites excluding steroid dienone is 1. The SMILES string of the molecule is CCOC(=O)CSC1C(NC(c2ccccc2)(c2ccccc2)c2ccccc2)C(=O)N1C(C(=O)OC)=C(C)C. The summed E-state index contributed by atoms with van der Waals surface area (Å²) in [6.07, 6.45) is 0. The Hall–Kier alpha value is -3.88. The van der Waals surface area contributed by atoms with Crippen LogP contribution in [0.2, 0.25) is 0 Å². The summed E-state index contributed by atoms with van der Waals surface area (Å²) in [6.45, 7) is 5.53. The number of methoxy groups -OCH3 is 1. The van der Waals surface area contributed by atoms with Crippen molar-refractivity contribution in [2.45, 2.75) is 37.7 Å². The lowest BCUT2D eigenvalue weighted by molar-refractivity contribution is -0.150. The summed E-state index contributed by atoms with van der Waals surface area (Å²) < 4.78 is 10.2. The van der Waals surface area contributed by atoms with Gasteiger partial charge in [-0.15, -0.1) is 11.8 Å². The molecule has 1 saturated heterocycles. The van der Waals surface area contributed by atoms with Crippen LogP contribution >= 0.6 is 11.8 Å². The quantitative estimate of drug-likeness (QED) is 0.156. The number of β-lactam (4-membered cyclic amide) rings is 1. The van der Waals surface area contributed by atoms with E-state index in [0.29, 0.717) is 5.57 Å². The Kier molecular flexibility index (Phi) is 9.45. The van der Waals surface area contributed by atoms with E-state index >= 15 is 0 Å². The molecule has 1 aliphatic rings. The maximum Gasteiger partial charge on any atom is 0.354 e. The zero-order chi connectivity index (χ0) is 28.7. The number of benzene rings is 3. The summed E-state index contributed by atoms with van der Waals surface area (Å²) in [7, 11) is 1.29. The second-order valence-electron chi connectivity index (χ2n) is 9.53. The zero-order valence-corrected chi connectivity index (χ0v) is 23.9. The van der Waals surface area contributed by atoms with Gasteiger partial charge in [-0.25, -0.2) is 4.79 Å². The van der Waals surface area contributed by atoms with Crippen molar-refractivity contribution in [3.05, 3.63) is 119 Å². The lowest BCUT2D eigenvalue weighted by atomic mass is 9.76. The van der Waals surface area contributed by atoms with Crippen LogP contribution in [0.1, 0.15) is 37.5 Å². The molecule has 4 rings (SSSR count). The van der Waals surface area contributed by atoms with E-state index in [1.165, 1.54) is 23.8 Å². The van der Waals surface area contributed by atoms with E-state index in [4.69, 9.17) is 9.47 Å². The Morgan fingerprint density at radius 3 is 1.75 bits per heavy atom. The van der Waals surface area contributed by atoms with Crippen molar-refractivity contribution in [1.82, 2.24) is 10.2 Å². The lowest BCUT2D eigenvalue weighted by Crippen LogP contribution is -2.72. The molecule has 0 spiro atoms. The van der Waals surface area contributed by atoms with Gasteiger partial charge in [0.15, 0.2) is 0 Å². The summed E-state index contributed by atoms with van der Waals surface area (Å²) in [5.41, 5.74) is 2.75. The molecule has 1 amide bonds. The summed E-state index contributed by atoms with van der Waals surface area (Å²) >= 11 is 1.26. The minimum absolute atomic E-state index is 0.0205. The molecule has 0 aromatic heterocycles. The molecule has 1 aliphatic heterocycles. The first-order valence-electron chi connectivity index (χ1n) is 13.2. The Labute approximate surface area is 239 Å². The Morgan fingerprint density at radius 2 is 1.35 bits per heavy atom. The number of carbonyl (C=O) groups excluding carboxylic acids is 3. The number of ether oxygens (including phenoxy) is 2. The van der Waals surface area contributed by atoms with Crippen LogP contribution in [0.15, 0.2) is 102 Å². The van der Waals surface area contributed by atoms with Crippen molar-refractivity contribution in [2.75, 3.05) is 19.5 Å². The molecule has 2 unspecified atom stereocenters. The maximum absolute atomic E-state index is 14.0. The number of rotatable bonds is 11. The van der Waals surface area contributed by atoms with Crippen molar-refractivity contribution in [2.24, 2.45) is 0 Å². The van der Waals surface area contributed by atoms with Crippen LogP contribution in [0.5, 0.6) is 0 Å². The van der Waals surface area contributed by atoms with Crippen LogP contribution in [0.4, 0.5) is 0 Å². The first-order valence-corrected chi connectivity index (χ1v) is 14.2. The highest BCUT2D eigenvalue weighted by Gasteiger charge is 2.54. The second kappa shape index (κ2) is 13.0. The molecular weight excluding hydrogens is 524 g/mol. The number of carbonyl (C=O) groups is 3. The van der Waals surface area contributed by atoms with E-state index < -0.39 is 22.9 Å². The Morgan fingerprint density at radius 1 is 0.875 bits per heavy atom. The number of likely N-dealkylation sites (tertiary alicyclic amines) is 1. The fourth-order valence-corrected chi connectivity index (χ4v) is 6.17. The number of nitrogens with one attached hydrogen (secondary N) is 1. The predicted octanol–water partition coefficient (Wildman–Crippen LogP) is 4.87. The smallest absolute Gasteiger partial charge is 0.354 e. The van der Waals surface area contributed by atoms with Gasteiger partial charge in [0.05, 0.1) is 25.0 Å². The number of hydrogen-bond acceptors (Lipinski definition) is 7. The molecule has 0 radical (unpaired) electrons. The number of nitrogens with zero attached hydrogens (tertiary/aromatic N) is 1. The molecule has 3 aromatic rings. The van der Waals surface area contributed by atoms with Crippen molar-refractivity contribution in [3.8, 4) is 0 Å². The fourth-order valence-electron chi connectivity index (χ4n) is 5.05. The molecule has 8 heteroatoms. The average molecular weight is 559 g/mol. The monoisotopic (exact) mass is 558 g/mol. The Balaban J connectivity index is 1.85. The van der Waals surface area contributed by atoms with Crippen LogP contribution in [0.3, 0.4) is 0 Å². The molecule has 1 fully saturated rings. The van der Waals surface area contributed by atoms with Crippen molar-refractivity contribution >= 4 is 29.6 Å². The number of hydrogen-bond donors (Lipinski definition) is 1. The summed E-state index contributed by atoms with van der Waals surface area (Å²) in [6, 6.07) is 29.1. The molecule has 40 heavy (non-hydrogen) atoms. The molecular formula is C32H34N2O5S.